The van der Waals surface area contributed by atoms with Crippen molar-refractivity contribution in [3.05, 3.63) is 41.2 Å². The Labute approximate surface area is 96.4 Å². The number of hydrogen-bond donors (Lipinski definition) is 1. The van der Waals surface area contributed by atoms with Gasteiger partial charge in [-0.25, -0.2) is 4.39 Å². The highest BCUT2D eigenvalue weighted by Gasteiger charge is 2.19. The SMILES string of the molecule is Cc1ccc(F)c(C=CCCNC2CC2)c1. The summed E-state index contributed by atoms with van der Waals surface area (Å²) in [4.78, 5) is 0. The van der Waals surface area contributed by atoms with Crippen molar-refractivity contribution in [3.8, 4) is 0 Å². The summed E-state index contributed by atoms with van der Waals surface area (Å²) in [5.41, 5.74) is 1.78. The molecule has 0 amide bonds. The number of aryl methyl sites for hydroxylation is 1. The molecule has 1 fully saturated rings. The molecule has 0 aromatic heterocycles. The minimum Gasteiger partial charge on any atom is -0.314 e. The molecule has 1 aliphatic rings. The fourth-order valence-corrected chi connectivity index (χ4v) is 1.66. The first-order valence-electron chi connectivity index (χ1n) is 5.92. The highest BCUT2D eigenvalue weighted by molar-refractivity contribution is 5.51. The lowest BCUT2D eigenvalue weighted by molar-refractivity contribution is 0.624. The average Bonchev–Trinajstić information content (AvgIpc) is 3.06. The molecule has 0 radical (unpaired) electrons. The highest BCUT2D eigenvalue weighted by atomic mass is 19.1. The second-order valence-corrected chi connectivity index (χ2v) is 4.44. The second kappa shape index (κ2) is 5.26. The summed E-state index contributed by atoms with van der Waals surface area (Å²) in [6.07, 6.45) is 7.50. The zero-order valence-electron chi connectivity index (χ0n) is 9.67. The Bertz CT molecular complexity index is 380. The Kier molecular flexibility index (Phi) is 3.73. The van der Waals surface area contributed by atoms with Gasteiger partial charge in [0, 0.05) is 11.6 Å². The third-order valence-electron chi connectivity index (χ3n) is 2.77. The number of hydrogen-bond acceptors (Lipinski definition) is 1. The smallest absolute Gasteiger partial charge is 0.130 e. The maximum atomic E-state index is 13.4. The van der Waals surface area contributed by atoms with Crippen LogP contribution in [-0.2, 0) is 0 Å². The minimum atomic E-state index is -0.142. The summed E-state index contributed by atoms with van der Waals surface area (Å²) >= 11 is 0. The summed E-state index contributed by atoms with van der Waals surface area (Å²) in [6, 6.07) is 5.95. The van der Waals surface area contributed by atoms with E-state index in [9.17, 15) is 4.39 Å². The lowest BCUT2D eigenvalue weighted by atomic mass is 10.1. The van der Waals surface area contributed by atoms with Gasteiger partial charge in [0.25, 0.3) is 0 Å². The summed E-state index contributed by atoms with van der Waals surface area (Å²) in [6.45, 7) is 2.97. The molecule has 0 unspecified atom stereocenters. The van der Waals surface area contributed by atoms with Gasteiger partial charge >= 0.3 is 0 Å². The number of benzene rings is 1. The van der Waals surface area contributed by atoms with Crippen LogP contribution in [0.5, 0.6) is 0 Å². The predicted molar refractivity (Wildman–Crippen MR) is 65.8 cm³/mol. The zero-order valence-corrected chi connectivity index (χ0v) is 9.67. The molecule has 1 nitrogen and oxygen atoms in total. The fraction of sp³-hybridized carbons (Fsp3) is 0.429. The van der Waals surface area contributed by atoms with E-state index in [4.69, 9.17) is 0 Å². The van der Waals surface area contributed by atoms with Crippen LogP contribution in [0.1, 0.15) is 30.4 Å². The molecule has 86 valence electrons. The van der Waals surface area contributed by atoms with Crippen molar-refractivity contribution >= 4 is 6.08 Å². The molecule has 2 rings (SSSR count). The molecule has 1 aliphatic carbocycles. The van der Waals surface area contributed by atoms with E-state index in [1.807, 2.05) is 25.1 Å². The van der Waals surface area contributed by atoms with E-state index in [0.717, 1.165) is 24.6 Å². The summed E-state index contributed by atoms with van der Waals surface area (Å²) in [5, 5.41) is 3.42. The third-order valence-corrected chi connectivity index (χ3v) is 2.77. The van der Waals surface area contributed by atoms with Crippen LogP contribution in [0, 0.1) is 12.7 Å². The molecule has 0 bridgehead atoms. The lowest BCUT2D eigenvalue weighted by Gasteiger charge is -2.00. The quantitative estimate of drug-likeness (QED) is 0.749. The Morgan fingerprint density at radius 1 is 1.44 bits per heavy atom. The number of halogens is 1. The predicted octanol–water partition coefficient (Wildman–Crippen LogP) is 3.29. The average molecular weight is 219 g/mol. The Hall–Kier alpha value is -1.15. The first kappa shape index (κ1) is 11.3. The van der Waals surface area contributed by atoms with Crippen LogP contribution < -0.4 is 5.32 Å². The van der Waals surface area contributed by atoms with Gasteiger partial charge in [-0.1, -0.05) is 23.8 Å². The highest BCUT2D eigenvalue weighted by Crippen LogP contribution is 2.18. The summed E-state index contributed by atoms with van der Waals surface area (Å²) in [7, 11) is 0. The van der Waals surface area contributed by atoms with E-state index in [0.29, 0.717) is 5.56 Å². The van der Waals surface area contributed by atoms with Crippen molar-refractivity contribution < 1.29 is 4.39 Å². The third kappa shape index (κ3) is 3.46. The van der Waals surface area contributed by atoms with Gasteiger partial charge in [-0.05, 0) is 44.9 Å². The molecular formula is C14H18FN. The van der Waals surface area contributed by atoms with Crippen molar-refractivity contribution in [3.63, 3.8) is 0 Å². The fourth-order valence-electron chi connectivity index (χ4n) is 1.66. The van der Waals surface area contributed by atoms with Gasteiger partial charge < -0.3 is 5.32 Å². The van der Waals surface area contributed by atoms with E-state index >= 15 is 0 Å². The van der Waals surface area contributed by atoms with Gasteiger partial charge in [-0.2, -0.15) is 0 Å². The van der Waals surface area contributed by atoms with Crippen LogP contribution in [0.2, 0.25) is 0 Å². The topological polar surface area (TPSA) is 12.0 Å². The molecule has 0 saturated heterocycles. The monoisotopic (exact) mass is 219 g/mol. The number of rotatable bonds is 5. The Morgan fingerprint density at radius 2 is 2.25 bits per heavy atom. The van der Waals surface area contributed by atoms with Gasteiger partial charge in [0.15, 0.2) is 0 Å². The van der Waals surface area contributed by atoms with E-state index in [1.54, 1.807) is 6.07 Å². The minimum absolute atomic E-state index is 0.142. The molecule has 0 aliphatic heterocycles. The van der Waals surface area contributed by atoms with Crippen LogP contribution in [0.25, 0.3) is 6.08 Å². The molecule has 0 atom stereocenters. The largest absolute Gasteiger partial charge is 0.314 e. The normalized spacial score (nSPS) is 15.9. The van der Waals surface area contributed by atoms with Gasteiger partial charge in [-0.3, -0.25) is 0 Å². The van der Waals surface area contributed by atoms with Crippen molar-refractivity contribution in [2.75, 3.05) is 6.54 Å². The van der Waals surface area contributed by atoms with Gasteiger partial charge in [0.1, 0.15) is 5.82 Å². The summed E-state index contributed by atoms with van der Waals surface area (Å²) in [5.74, 6) is -0.142. The van der Waals surface area contributed by atoms with E-state index in [-0.39, 0.29) is 5.82 Å². The van der Waals surface area contributed by atoms with Crippen molar-refractivity contribution in [2.45, 2.75) is 32.2 Å². The van der Waals surface area contributed by atoms with Crippen LogP contribution in [0.4, 0.5) is 4.39 Å². The van der Waals surface area contributed by atoms with Crippen LogP contribution in [0.15, 0.2) is 24.3 Å². The van der Waals surface area contributed by atoms with E-state index < -0.39 is 0 Å². The van der Waals surface area contributed by atoms with Crippen molar-refractivity contribution in [2.24, 2.45) is 0 Å². The number of nitrogens with one attached hydrogen (secondary N) is 1. The van der Waals surface area contributed by atoms with Crippen LogP contribution in [-0.4, -0.2) is 12.6 Å². The Morgan fingerprint density at radius 3 is 3.00 bits per heavy atom. The lowest BCUT2D eigenvalue weighted by Crippen LogP contribution is -2.16. The molecule has 2 heteroatoms. The van der Waals surface area contributed by atoms with Gasteiger partial charge in [0.05, 0.1) is 0 Å². The maximum Gasteiger partial charge on any atom is 0.130 e. The molecule has 0 heterocycles. The maximum absolute atomic E-state index is 13.4. The Balaban J connectivity index is 1.81. The molecule has 0 spiro atoms. The standard InChI is InChI=1S/C14H18FN/c1-11-5-8-14(15)12(10-11)4-2-3-9-16-13-6-7-13/h2,4-5,8,10,13,16H,3,6-7,9H2,1H3. The molecule has 16 heavy (non-hydrogen) atoms. The second-order valence-electron chi connectivity index (χ2n) is 4.44. The molecular weight excluding hydrogens is 201 g/mol. The van der Waals surface area contributed by atoms with Gasteiger partial charge in [-0.15, -0.1) is 0 Å². The molecule has 1 aromatic carbocycles. The molecule has 1 saturated carbocycles. The van der Waals surface area contributed by atoms with Gasteiger partial charge in [0.2, 0.25) is 0 Å². The van der Waals surface area contributed by atoms with Crippen LogP contribution in [0.3, 0.4) is 0 Å². The van der Waals surface area contributed by atoms with Crippen molar-refractivity contribution in [1.82, 2.24) is 5.32 Å². The molecule has 1 N–H and O–H groups in total. The van der Waals surface area contributed by atoms with Crippen molar-refractivity contribution in [1.29, 1.82) is 0 Å². The van der Waals surface area contributed by atoms with Crippen LogP contribution >= 0.6 is 0 Å². The first-order chi connectivity index (χ1) is 7.75. The first-order valence-corrected chi connectivity index (χ1v) is 5.92. The zero-order chi connectivity index (χ0) is 11.4. The van der Waals surface area contributed by atoms with E-state index in [1.165, 1.54) is 18.9 Å². The molecule has 1 aromatic rings. The summed E-state index contributed by atoms with van der Waals surface area (Å²) < 4.78 is 13.4. The van der Waals surface area contributed by atoms with E-state index in [2.05, 4.69) is 5.32 Å².